The molecule has 150 valence electrons. The third-order valence-corrected chi connectivity index (χ3v) is 5.19. The zero-order chi connectivity index (χ0) is 19.9. The van der Waals surface area contributed by atoms with Gasteiger partial charge in [0.15, 0.2) is 5.78 Å². The number of benzene rings is 2. The van der Waals surface area contributed by atoms with Crippen molar-refractivity contribution in [1.29, 1.82) is 0 Å². The Labute approximate surface area is 168 Å². The third kappa shape index (κ3) is 5.26. The van der Waals surface area contributed by atoms with Crippen LogP contribution in [0.2, 0.25) is 0 Å². The normalized spacial score (nSPS) is 14.9. The number of rotatable bonds is 8. The number of carbonyl (C=O) groups is 1. The van der Waals surface area contributed by atoms with Gasteiger partial charge in [0, 0.05) is 50.4 Å². The molecule has 0 bridgehead atoms. The van der Waals surface area contributed by atoms with E-state index in [4.69, 9.17) is 10.5 Å². The van der Waals surface area contributed by atoms with Gasteiger partial charge in [-0.2, -0.15) is 0 Å². The molecule has 2 aromatic rings. The monoisotopic (exact) mass is 381 g/mol. The van der Waals surface area contributed by atoms with Crippen molar-refractivity contribution < 1.29 is 9.53 Å². The fourth-order valence-electron chi connectivity index (χ4n) is 3.52. The maximum Gasteiger partial charge on any atom is 0.164 e. The van der Waals surface area contributed by atoms with E-state index in [-0.39, 0.29) is 5.78 Å². The highest BCUT2D eigenvalue weighted by atomic mass is 16.5. The molecule has 1 aliphatic rings. The van der Waals surface area contributed by atoms with Crippen LogP contribution in [0.15, 0.2) is 42.5 Å². The molecule has 2 aromatic carbocycles. The molecule has 0 unspecified atom stereocenters. The number of hydrogen-bond donors (Lipinski definition) is 1. The number of anilines is 2. The predicted molar refractivity (Wildman–Crippen MR) is 115 cm³/mol. The Bertz CT molecular complexity index is 798. The van der Waals surface area contributed by atoms with E-state index in [0.29, 0.717) is 30.0 Å². The number of hydrogen-bond acceptors (Lipinski definition) is 5. The molecule has 0 aliphatic carbocycles. The summed E-state index contributed by atoms with van der Waals surface area (Å²) in [6.07, 6.45) is 1.44. The summed E-state index contributed by atoms with van der Waals surface area (Å²) in [5.41, 5.74) is 9.80. The van der Waals surface area contributed by atoms with Crippen LogP contribution in [-0.2, 0) is 0 Å². The second-order valence-corrected chi connectivity index (χ2v) is 7.44. The zero-order valence-electron chi connectivity index (χ0n) is 17.0. The highest BCUT2D eigenvalue weighted by Crippen LogP contribution is 2.23. The average Bonchev–Trinajstić information content (AvgIpc) is 2.71. The van der Waals surface area contributed by atoms with Crippen LogP contribution in [0.5, 0.6) is 5.75 Å². The molecule has 1 saturated heterocycles. The Balaban J connectivity index is 1.47. The van der Waals surface area contributed by atoms with Crippen molar-refractivity contribution in [2.24, 2.45) is 0 Å². The summed E-state index contributed by atoms with van der Waals surface area (Å²) in [5, 5.41) is 0. The van der Waals surface area contributed by atoms with Crippen molar-refractivity contribution in [1.82, 2.24) is 4.90 Å². The minimum Gasteiger partial charge on any atom is -0.491 e. The molecule has 0 radical (unpaired) electrons. The molecule has 0 spiro atoms. The SMILES string of the molecule is CCCOc1ccc(C(=O)CCN2CCN(c3cccc(C)c3)CC2)cc1N. The summed E-state index contributed by atoms with van der Waals surface area (Å²) in [6.45, 7) is 9.54. The molecule has 2 N–H and O–H groups in total. The van der Waals surface area contributed by atoms with E-state index in [0.717, 1.165) is 39.1 Å². The van der Waals surface area contributed by atoms with Gasteiger partial charge < -0.3 is 15.4 Å². The molecular formula is C23H31N3O2. The molecule has 3 rings (SSSR count). The van der Waals surface area contributed by atoms with Gasteiger partial charge in [-0.1, -0.05) is 19.1 Å². The van der Waals surface area contributed by atoms with Crippen molar-refractivity contribution >= 4 is 17.2 Å². The van der Waals surface area contributed by atoms with Gasteiger partial charge >= 0.3 is 0 Å². The zero-order valence-corrected chi connectivity index (χ0v) is 17.0. The smallest absolute Gasteiger partial charge is 0.164 e. The summed E-state index contributed by atoms with van der Waals surface area (Å²) in [5.74, 6) is 0.792. The van der Waals surface area contributed by atoms with Crippen LogP contribution in [0, 0.1) is 6.92 Å². The minimum atomic E-state index is 0.134. The van der Waals surface area contributed by atoms with Crippen molar-refractivity contribution in [3.8, 4) is 5.75 Å². The van der Waals surface area contributed by atoms with Crippen LogP contribution in [-0.4, -0.2) is 50.0 Å². The number of piperazine rings is 1. The lowest BCUT2D eigenvalue weighted by Crippen LogP contribution is -2.46. The van der Waals surface area contributed by atoms with Crippen molar-refractivity contribution in [2.45, 2.75) is 26.7 Å². The Kier molecular flexibility index (Phi) is 6.93. The first kappa shape index (κ1) is 20.2. The van der Waals surface area contributed by atoms with Gasteiger partial charge in [-0.15, -0.1) is 0 Å². The van der Waals surface area contributed by atoms with Crippen LogP contribution in [0.1, 0.15) is 35.7 Å². The van der Waals surface area contributed by atoms with E-state index in [2.05, 4.69) is 47.9 Å². The second-order valence-electron chi connectivity index (χ2n) is 7.44. The standard InChI is InChI=1S/C23H31N3O2/c1-3-15-28-23-8-7-19(17-21(23)24)22(27)9-10-25-11-13-26(14-12-25)20-6-4-5-18(2)16-20/h4-8,16-17H,3,9-15,24H2,1-2H3. The number of nitrogen functional groups attached to an aromatic ring is 1. The van der Waals surface area contributed by atoms with Crippen molar-refractivity contribution in [3.05, 3.63) is 53.6 Å². The first-order valence-electron chi connectivity index (χ1n) is 10.2. The quantitative estimate of drug-likeness (QED) is 0.557. The van der Waals surface area contributed by atoms with E-state index in [1.165, 1.54) is 11.3 Å². The Morgan fingerprint density at radius 2 is 1.89 bits per heavy atom. The van der Waals surface area contributed by atoms with Crippen molar-refractivity contribution in [3.63, 3.8) is 0 Å². The number of Topliss-reactive ketones (excluding diaryl/α,β-unsaturated/α-hetero) is 1. The number of nitrogens with zero attached hydrogens (tertiary/aromatic N) is 2. The number of ketones is 1. The summed E-state index contributed by atoms with van der Waals surface area (Å²) in [4.78, 5) is 17.3. The second kappa shape index (κ2) is 9.60. The van der Waals surface area contributed by atoms with Gasteiger partial charge in [0.25, 0.3) is 0 Å². The molecule has 1 fully saturated rings. The number of carbonyl (C=O) groups excluding carboxylic acids is 1. The van der Waals surface area contributed by atoms with Crippen LogP contribution in [0.4, 0.5) is 11.4 Å². The predicted octanol–water partition coefficient (Wildman–Crippen LogP) is 3.76. The molecule has 0 aromatic heterocycles. The van der Waals surface area contributed by atoms with Gasteiger partial charge in [0.1, 0.15) is 5.75 Å². The van der Waals surface area contributed by atoms with Crippen LogP contribution >= 0.6 is 0 Å². The maximum absolute atomic E-state index is 12.6. The topological polar surface area (TPSA) is 58.8 Å². The first-order chi connectivity index (χ1) is 13.6. The summed E-state index contributed by atoms with van der Waals surface area (Å²) < 4.78 is 5.58. The lowest BCUT2D eigenvalue weighted by Gasteiger charge is -2.36. The van der Waals surface area contributed by atoms with E-state index < -0.39 is 0 Å². The fraction of sp³-hybridized carbons (Fsp3) is 0.435. The molecule has 0 amide bonds. The molecule has 1 heterocycles. The number of nitrogens with two attached hydrogens (primary N) is 1. The average molecular weight is 382 g/mol. The van der Waals surface area contributed by atoms with E-state index in [1.807, 2.05) is 6.07 Å². The molecule has 5 nitrogen and oxygen atoms in total. The maximum atomic E-state index is 12.6. The van der Waals surface area contributed by atoms with Crippen LogP contribution < -0.4 is 15.4 Å². The summed E-state index contributed by atoms with van der Waals surface area (Å²) in [7, 11) is 0. The minimum absolute atomic E-state index is 0.134. The van der Waals surface area contributed by atoms with E-state index in [1.54, 1.807) is 12.1 Å². The highest BCUT2D eigenvalue weighted by molar-refractivity contribution is 5.97. The summed E-state index contributed by atoms with van der Waals surface area (Å²) >= 11 is 0. The fourth-order valence-corrected chi connectivity index (χ4v) is 3.52. The van der Waals surface area contributed by atoms with Crippen LogP contribution in [0.3, 0.4) is 0 Å². The molecular weight excluding hydrogens is 350 g/mol. The van der Waals surface area contributed by atoms with E-state index in [9.17, 15) is 4.79 Å². The van der Waals surface area contributed by atoms with E-state index >= 15 is 0 Å². The molecule has 5 heteroatoms. The Morgan fingerprint density at radius 3 is 2.57 bits per heavy atom. The Hall–Kier alpha value is -2.53. The largest absolute Gasteiger partial charge is 0.491 e. The molecule has 28 heavy (non-hydrogen) atoms. The molecule has 1 aliphatic heterocycles. The number of aryl methyl sites for hydroxylation is 1. The van der Waals surface area contributed by atoms with Gasteiger partial charge in [0.2, 0.25) is 0 Å². The Morgan fingerprint density at radius 1 is 1.11 bits per heavy atom. The van der Waals surface area contributed by atoms with Gasteiger partial charge in [-0.05, 0) is 49.2 Å². The first-order valence-corrected chi connectivity index (χ1v) is 10.2. The van der Waals surface area contributed by atoms with Gasteiger partial charge in [-0.3, -0.25) is 9.69 Å². The van der Waals surface area contributed by atoms with Crippen LogP contribution in [0.25, 0.3) is 0 Å². The third-order valence-electron chi connectivity index (χ3n) is 5.19. The molecule has 0 atom stereocenters. The lowest BCUT2D eigenvalue weighted by atomic mass is 10.1. The van der Waals surface area contributed by atoms with Gasteiger partial charge in [0.05, 0.1) is 12.3 Å². The highest BCUT2D eigenvalue weighted by Gasteiger charge is 2.18. The van der Waals surface area contributed by atoms with Crippen molar-refractivity contribution in [2.75, 3.05) is 50.0 Å². The lowest BCUT2D eigenvalue weighted by molar-refractivity contribution is 0.0962. The molecule has 0 saturated carbocycles. The van der Waals surface area contributed by atoms with Gasteiger partial charge in [-0.25, -0.2) is 0 Å². The summed E-state index contributed by atoms with van der Waals surface area (Å²) in [6, 6.07) is 14.0. The number of ether oxygens (including phenoxy) is 1.